The average molecular weight is 325 g/mol. The third kappa shape index (κ3) is 1.98. The van der Waals surface area contributed by atoms with Gasteiger partial charge in [-0.25, -0.2) is 13.8 Å². The van der Waals surface area contributed by atoms with Crippen LogP contribution in [0, 0.1) is 11.6 Å². The summed E-state index contributed by atoms with van der Waals surface area (Å²) >= 11 is 3.06. The Morgan fingerprint density at radius 3 is 2.68 bits per heavy atom. The van der Waals surface area contributed by atoms with Crippen LogP contribution in [0.5, 0.6) is 5.75 Å². The fraction of sp³-hybridized carbons (Fsp3) is 0. The van der Waals surface area contributed by atoms with E-state index in [-0.39, 0.29) is 21.6 Å². The lowest BCUT2D eigenvalue weighted by atomic mass is 10.2. The first-order valence-electron chi connectivity index (χ1n) is 5.39. The molecule has 0 spiro atoms. The van der Waals surface area contributed by atoms with Crippen molar-refractivity contribution in [3.63, 3.8) is 0 Å². The maximum Gasteiger partial charge on any atom is 0.145 e. The average Bonchev–Trinajstić information content (AvgIpc) is 2.72. The highest BCUT2D eigenvalue weighted by molar-refractivity contribution is 9.10. The number of H-pyrrole nitrogens is 1. The van der Waals surface area contributed by atoms with Crippen LogP contribution in [0.25, 0.3) is 22.4 Å². The van der Waals surface area contributed by atoms with E-state index in [1.165, 1.54) is 30.3 Å². The molecular formula is C13H7BrF2N2O. The van der Waals surface area contributed by atoms with Crippen LogP contribution in [-0.2, 0) is 0 Å². The van der Waals surface area contributed by atoms with E-state index in [9.17, 15) is 13.9 Å². The van der Waals surface area contributed by atoms with Crippen molar-refractivity contribution in [2.24, 2.45) is 0 Å². The van der Waals surface area contributed by atoms with Gasteiger partial charge in [-0.1, -0.05) is 6.07 Å². The van der Waals surface area contributed by atoms with Crippen LogP contribution in [0.4, 0.5) is 8.78 Å². The molecule has 1 aromatic heterocycles. The first kappa shape index (κ1) is 12.1. The van der Waals surface area contributed by atoms with Gasteiger partial charge >= 0.3 is 0 Å². The predicted molar refractivity (Wildman–Crippen MR) is 70.8 cm³/mol. The van der Waals surface area contributed by atoms with Crippen LogP contribution >= 0.6 is 15.9 Å². The number of fused-ring (bicyclic) bond motifs is 1. The lowest BCUT2D eigenvalue weighted by Crippen LogP contribution is -1.86. The van der Waals surface area contributed by atoms with E-state index in [0.717, 1.165) is 0 Å². The number of halogens is 3. The molecule has 0 aliphatic rings. The summed E-state index contributed by atoms with van der Waals surface area (Å²) in [5.41, 5.74) is 0.875. The number of hydrogen-bond donors (Lipinski definition) is 2. The molecule has 0 radical (unpaired) electrons. The van der Waals surface area contributed by atoms with Crippen molar-refractivity contribution in [3.05, 3.63) is 46.4 Å². The van der Waals surface area contributed by atoms with Gasteiger partial charge in [-0.2, -0.15) is 0 Å². The van der Waals surface area contributed by atoms with E-state index in [4.69, 9.17) is 0 Å². The lowest BCUT2D eigenvalue weighted by Gasteiger charge is -2.01. The third-order valence-corrected chi connectivity index (χ3v) is 3.36. The summed E-state index contributed by atoms with van der Waals surface area (Å²) < 4.78 is 27.4. The fourth-order valence-corrected chi connectivity index (χ4v) is 2.20. The molecule has 2 N–H and O–H groups in total. The summed E-state index contributed by atoms with van der Waals surface area (Å²) in [6, 6.07) is 6.73. The Morgan fingerprint density at radius 1 is 1.16 bits per heavy atom. The van der Waals surface area contributed by atoms with E-state index in [2.05, 4.69) is 25.9 Å². The quantitative estimate of drug-likeness (QED) is 0.711. The Morgan fingerprint density at radius 2 is 1.95 bits per heavy atom. The highest BCUT2D eigenvalue weighted by Crippen LogP contribution is 2.32. The maximum atomic E-state index is 13.7. The van der Waals surface area contributed by atoms with Gasteiger partial charge in [-0.3, -0.25) is 0 Å². The zero-order chi connectivity index (χ0) is 13.6. The third-order valence-electron chi connectivity index (χ3n) is 2.75. The number of phenols is 1. The number of hydrogen-bond acceptors (Lipinski definition) is 2. The van der Waals surface area contributed by atoms with Gasteiger partial charge in [0.2, 0.25) is 0 Å². The van der Waals surface area contributed by atoms with Crippen molar-refractivity contribution in [3.8, 4) is 17.1 Å². The number of aromatic amines is 1. The molecule has 0 amide bonds. The van der Waals surface area contributed by atoms with Gasteiger partial charge in [-0.15, -0.1) is 0 Å². The fourth-order valence-electron chi connectivity index (χ4n) is 1.87. The number of nitrogens with one attached hydrogen (secondary N) is 1. The minimum absolute atomic E-state index is 0.0322. The second-order valence-corrected chi connectivity index (χ2v) is 4.86. The van der Waals surface area contributed by atoms with E-state index in [1.54, 1.807) is 0 Å². The Hall–Kier alpha value is -1.95. The number of phenolic OH excluding ortho intramolecular Hbond substituents is 1. The summed E-state index contributed by atoms with van der Waals surface area (Å²) in [5.74, 6) is -1.11. The van der Waals surface area contributed by atoms with Gasteiger partial charge < -0.3 is 10.1 Å². The van der Waals surface area contributed by atoms with Gasteiger partial charge in [0.1, 0.15) is 23.2 Å². The smallest absolute Gasteiger partial charge is 0.145 e. The molecule has 3 aromatic rings. The van der Waals surface area contributed by atoms with Crippen molar-refractivity contribution in [1.82, 2.24) is 9.97 Å². The highest BCUT2D eigenvalue weighted by atomic mass is 79.9. The summed E-state index contributed by atoms with van der Waals surface area (Å²) in [4.78, 5) is 6.94. The van der Waals surface area contributed by atoms with E-state index in [1.807, 2.05) is 0 Å². The van der Waals surface area contributed by atoms with E-state index < -0.39 is 11.6 Å². The number of aromatic hydroxyl groups is 1. The van der Waals surface area contributed by atoms with Gasteiger partial charge in [0.25, 0.3) is 0 Å². The molecule has 0 unspecified atom stereocenters. The van der Waals surface area contributed by atoms with Gasteiger partial charge in [-0.05, 0) is 34.1 Å². The molecule has 0 saturated carbocycles. The van der Waals surface area contributed by atoms with Crippen LogP contribution in [0.15, 0.2) is 34.8 Å². The maximum absolute atomic E-state index is 13.7. The minimum atomic E-state index is -0.599. The largest absolute Gasteiger partial charge is 0.507 e. The van der Waals surface area contributed by atoms with Crippen molar-refractivity contribution < 1.29 is 13.9 Å². The second-order valence-electron chi connectivity index (χ2n) is 4.00. The molecule has 0 aliphatic carbocycles. The molecule has 1 heterocycles. The summed E-state index contributed by atoms with van der Waals surface area (Å²) in [5, 5.41) is 9.70. The number of nitrogens with zero attached hydrogens (tertiary/aromatic N) is 1. The van der Waals surface area contributed by atoms with Crippen LogP contribution in [-0.4, -0.2) is 15.1 Å². The molecule has 2 aromatic carbocycles. The van der Waals surface area contributed by atoms with Gasteiger partial charge in [0, 0.05) is 6.07 Å². The molecule has 0 atom stereocenters. The first-order valence-corrected chi connectivity index (χ1v) is 6.18. The predicted octanol–water partition coefficient (Wildman–Crippen LogP) is 3.98. The van der Waals surface area contributed by atoms with Crippen molar-refractivity contribution in [1.29, 1.82) is 0 Å². The summed E-state index contributed by atoms with van der Waals surface area (Å²) in [6.45, 7) is 0. The summed E-state index contributed by atoms with van der Waals surface area (Å²) in [7, 11) is 0. The Labute approximate surface area is 115 Å². The normalized spacial score (nSPS) is 11.1. The molecule has 0 aliphatic heterocycles. The van der Waals surface area contributed by atoms with Crippen LogP contribution in [0.2, 0.25) is 0 Å². The summed E-state index contributed by atoms with van der Waals surface area (Å²) in [6.07, 6.45) is 0. The first-order chi connectivity index (χ1) is 9.06. The second kappa shape index (κ2) is 4.31. The molecule has 0 fully saturated rings. The topological polar surface area (TPSA) is 48.9 Å². The zero-order valence-electron chi connectivity index (χ0n) is 9.42. The molecule has 0 bridgehead atoms. The molecular weight excluding hydrogens is 318 g/mol. The zero-order valence-corrected chi connectivity index (χ0v) is 11.0. The highest BCUT2D eigenvalue weighted by Gasteiger charge is 2.15. The van der Waals surface area contributed by atoms with E-state index >= 15 is 0 Å². The molecule has 3 nitrogen and oxygen atoms in total. The number of benzene rings is 2. The standard InChI is InChI=1S/C13H7BrF2N2O/c14-6-4-9-10(5-8(6)16)18-13(17-9)12-7(15)2-1-3-11(12)19/h1-5,19H,(H,17,18). The molecule has 96 valence electrons. The van der Waals surface area contributed by atoms with Crippen molar-refractivity contribution >= 4 is 27.0 Å². The molecule has 19 heavy (non-hydrogen) atoms. The molecule has 0 saturated heterocycles. The van der Waals surface area contributed by atoms with Crippen LogP contribution < -0.4 is 0 Å². The molecule has 6 heteroatoms. The van der Waals surface area contributed by atoms with E-state index in [0.29, 0.717) is 11.0 Å². The number of imidazole rings is 1. The monoisotopic (exact) mass is 324 g/mol. The molecule has 3 rings (SSSR count). The SMILES string of the molecule is Oc1cccc(F)c1-c1nc2cc(Br)c(F)cc2[nH]1. The Kier molecular flexibility index (Phi) is 2.74. The Balaban J connectivity index is 2.26. The van der Waals surface area contributed by atoms with Crippen LogP contribution in [0.3, 0.4) is 0 Å². The Bertz CT molecular complexity index is 726. The van der Waals surface area contributed by atoms with Gasteiger partial charge in [0.05, 0.1) is 21.1 Å². The number of aromatic nitrogens is 2. The number of rotatable bonds is 1. The van der Waals surface area contributed by atoms with Gasteiger partial charge in [0.15, 0.2) is 0 Å². The van der Waals surface area contributed by atoms with Crippen molar-refractivity contribution in [2.75, 3.05) is 0 Å². The lowest BCUT2D eigenvalue weighted by molar-refractivity contribution is 0.471. The van der Waals surface area contributed by atoms with Crippen LogP contribution in [0.1, 0.15) is 0 Å². The van der Waals surface area contributed by atoms with Crippen molar-refractivity contribution in [2.45, 2.75) is 0 Å². The minimum Gasteiger partial charge on any atom is -0.507 e.